The van der Waals surface area contributed by atoms with Crippen molar-refractivity contribution >= 4 is 6.21 Å². The fraction of sp³-hybridized carbons (Fsp3) is 0.500. The molecule has 0 bridgehead atoms. The highest BCUT2D eigenvalue weighted by atomic mass is 127. The molecule has 0 amide bonds. The summed E-state index contributed by atoms with van der Waals surface area (Å²) in [6.45, 7) is 4.22. The molecule has 0 saturated heterocycles. The van der Waals surface area contributed by atoms with Gasteiger partial charge in [-0.25, -0.2) is 4.58 Å². The molecule has 0 aromatic rings. The second-order valence-corrected chi connectivity index (χ2v) is 4.40. The molecule has 0 atom stereocenters. The lowest BCUT2D eigenvalue weighted by molar-refractivity contribution is -0.460. The summed E-state index contributed by atoms with van der Waals surface area (Å²) in [7, 11) is 8.19. The first-order chi connectivity index (χ1) is 7.43. The van der Waals surface area contributed by atoms with Gasteiger partial charge >= 0.3 is 0 Å². The zero-order valence-corrected chi connectivity index (χ0v) is 14.0. The SMILES string of the molecule is CC(C=CCC=[N+](C)C)=CC=C(C)N(C)C.[I-]. The summed E-state index contributed by atoms with van der Waals surface area (Å²) in [5.74, 6) is 0. The van der Waals surface area contributed by atoms with Crippen LogP contribution in [0.5, 0.6) is 0 Å². The lowest BCUT2D eigenvalue weighted by Gasteiger charge is -2.11. The van der Waals surface area contributed by atoms with Gasteiger partial charge in [0.2, 0.25) is 0 Å². The first kappa shape index (κ1) is 18.8. The first-order valence-electron chi connectivity index (χ1n) is 5.62. The zero-order chi connectivity index (χ0) is 12.6. The Morgan fingerprint density at radius 1 is 1.12 bits per heavy atom. The number of allylic oxidation sites excluding steroid dienone is 6. The van der Waals surface area contributed by atoms with Gasteiger partial charge < -0.3 is 28.9 Å². The van der Waals surface area contributed by atoms with E-state index < -0.39 is 0 Å². The Kier molecular flexibility index (Phi) is 11.7. The maximum atomic E-state index is 2.17. The normalized spacial score (nSPS) is 12.4. The van der Waals surface area contributed by atoms with Crippen LogP contribution in [0.25, 0.3) is 0 Å². The largest absolute Gasteiger partial charge is 1.00 e. The molecule has 0 aliphatic carbocycles. The maximum absolute atomic E-state index is 2.17. The van der Waals surface area contributed by atoms with Gasteiger partial charge in [0.15, 0.2) is 0 Å². The van der Waals surface area contributed by atoms with Crippen molar-refractivity contribution < 1.29 is 28.6 Å². The standard InChI is InChI=1S/C14H25N2.HI/c1-13(9-7-8-12-15(3)4)10-11-14(2)16(5)6;/h7,9-12H,8H2,1-6H3;1H/q+1;/p-1. The second-order valence-electron chi connectivity index (χ2n) is 4.40. The molecule has 17 heavy (non-hydrogen) atoms. The molecule has 2 nitrogen and oxygen atoms in total. The number of hydrogen-bond acceptors (Lipinski definition) is 1. The van der Waals surface area contributed by atoms with Crippen LogP contribution in [0, 0.1) is 0 Å². The number of rotatable bonds is 5. The van der Waals surface area contributed by atoms with E-state index in [1.807, 2.05) is 14.1 Å². The molecule has 0 fully saturated rings. The Hall–Kier alpha value is -0.580. The Labute approximate surface area is 123 Å². The van der Waals surface area contributed by atoms with Gasteiger partial charge in [-0.15, -0.1) is 0 Å². The topological polar surface area (TPSA) is 6.25 Å². The van der Waals surface area contributed by atoms with E-state index in [4.69, 9.17) is 0 Å². The number of nitrogens with zero attached hydrogens (tertiary/aromatic N) is 2. The van der Waals surface area contributed by atoms with Crippen LogP contribution in [-0.4, -0.2) is 43.9 Å². The van der Waals surface area contributed by atoms with Gasteiger partial charge in [0.25, 0.3) is 0 Å². The molecule has 0 radical (unpaired) electrons. The van der Waals surface area contributed by atoms with Crippen LogP contribution in [-0.2, 0) is 0 Å². The molecule has 0 unspecified atom stereocenters. The van der Waals surface area contributed by atoms with Gasteiger partial charge in [0, 0.05) is 26.2 Å². The highest BCUT2D eigenvalue weighted by Gasteiger charge is 1.87. The number of hydrogen-bond donors (Lipinski definition) is 0. The van der Waals surface area contributed by atoms with Crippen molar-refractivity contribution in [2.45, 2.75) is 20.3 Å². The lowest BCUT2D eigenvalue weighted by atomic mass is 10.2. The smallest absolute Gasteiger partial charge is 0.142 e. The van der Waals surface area contributed by atoms with Crippen LogP contribution in [0.4, 0.5) is 0 Å². The molecule has 0 rings (SSSR count). The third kappa shape index (κ3) is 11.7. The molecule has 3 heteroatoms. The summed E-state index contributed by atoms with van der Waals surface area (Å²) < 4.78 is 2.07. The molecule has 0 spiro atoms. The molecule has 0 aliphatic heterocycles. The minimum atomic E-state index is 0. The van der Waals surface area contributed by atoms with Crippen LogP contribution in [0.2, 0.25) is 0 Å². The van der Waals surface area contributed by atoms with Crippen molar-refractivity contribution in [1.82, 2.24) is 4.90 Å². The molecular weight excluding hydrogens is 323 g/mol. The molecule has 0 saturated carbocycles. The summed E-state index contributed by atoms with van der Waals surface area (Å²) in [5.41, 5.74) is 2.53. The number of halogens is 1. The third-order valence-corrected chi connectivity index (χ3v) is 2.28. The molecule has 0 aromatic carbocycles. The van der Waals surface area contributed by atoms with Crippen LogP contribution in [0.3, 0.4) is 0 Å². The summed E-state index contributed by atoms with van der Waals surface area (Å²) in [6, 6.07) is 0. The minimum absolute atomic E-state index is 0. The van der Waals surface area contributed by atoms with Crippen LogP contribution in [0.1, 0.15) is 20.3 Å². The predicted molar refractivity (Wildman–Crippen MR) is 73.1 cm³/mol. The van der Waals surface area contributed by atoms with E-state index in [-0.39, 0.29) is 24.0 Å². The van der Waals surface area contributed by atoms with E-state index in [0.717, 1.165) is 6.42 Å². The highest BCUT2D eigenvalue weighted by Crippen LogP contribution is 2.01. The minimum Gasteiger partial charge on any atom is -1.00 e. The monoisotopic (exact) mass is 348 g/mol. The molecule has 0 aromatic heterocycles. The first-order valence-corrected chi connectivity index (χ1v) is 5.62. The van der Waals surface area contributed by atoms with E-state index in [1.54, 1.807) is 0 Å². The molecule has 98 valence electrons. The van der Waals surface area contributed by atoms with Crippen molar-refractivity contribution in [1.29, 1.82) is 0 Å². The van der Waals surface area contributed by atoms with Gasteiger partial charge in [0.1, 0.15) is 20.3 Å². The van der Waals surface area contributed by atoms with E-state index >= 15 is 0 Å². The van der Waals surface area contributed by atoms with Crippen molar-refractivity contribution in [3.63, 3.8) is 0 Å². The van der Waals surface area contributed by atoms with E-state index in [9.17, 15) is 0 Å². The molecule has 0 N–H and O–H groups in total. The van der Waals surface area contributed by atoms with Crippen molar-refractivity contribution in [2.24, 2.45) is 0 Å². The van der Waals surface area contributed by atoms with Gasteiger partial charge in [-0.3, -0.25) is 0 Å². The average molecular weight is 348 g/mol. The van der Waals surface area contributed by atoms with Crippen molar-refractivity contribution in [2.75, 3.05) is 28.2 Å². The quantitative estimate of drug-likeness (QED) is 0.286. The third-order valence-electron chi connectivity index (χ3n) is 2.28. The Bertz CT molecular complexity index is 319. The summed E-state index contributed by atoms with van der Waals surface area (Å²) in [5, 5.41) is 0. The molecular formula is C14H25IN2. The maximum Gasteiger partial charge on any atom is 0.142 e. The van der Waals surface area contributed by atoms with Crippen LogP contribution < -0.4 is 24.0 Å². The molecule has 0 heterocycles. The average Bonchev–Trinajstić information content (AvgIpc) is 2.20. The fourth-order valence-corrected chi connectivity index (χ4v) is 0.982. The summed E-state index contributed by atoms with van der Waals surface area (Å²) in [4.78, 5) is 2.10. The molecule has 0 aliphatic rings. The van der Waals surface area contributed by atoms with E-state index in [0.29, 0.717) is 0 Å². The van der Waals surface area contributed by atoms with Gasteiger partial charge in [0.05, 0.1) is 0 Å². The lowest BCUT2D eigenvalue weighted by Crippen LogP contribution is -3.00. The second kappa shape index (κ2) is 10.6. The Morgan fingerprint density at radius 2 is 1.71 bits per heavy atom. The Morgan fingerprint density at radius 3 is 2.18 bits per heavy atom. The van der Waals surface area contributed by atoms with Gasteiger partial charge in [-0.1, -0.05) is 23.8 Å². The highest BCUT2D eigenvalue weighted by molar-refractivity contribution is 5.53. The van der Waals surface area contributed by atoms with Gasteiger partial charge in [-0.2, -0.15) is 0 Å². The van der Waals surface area contributed by atoms with E-state index in [2.05, 4.69) is 67.9 Å². The predicted octanol–water partition coefficient (Wildman–Crippen LogP) is -0.309. The fourth-order valence-electron chi connectivity index (χ4n) is 0.982. The van der Waals surface area contributed by atoms with Crippen LogP contribution >= 0.6 is 0 Å². The Balaban J connectivity index is 0. The summed E-state index contributed by atoms with van der Waals surface area (Å²) >= 11 is 0. The van der Waals surface area contributed by atoms with Gasteiger partial charge in [-0.05, 0) is 19.9 Å². The van der Waals surface area contributed by atoms with Crippen LogP contribution in [0.15, 0.2) is 35.6 Å². The summed E-state index contributed by atoms with van der Waals surface area (Å²) in [6.07, 6.45) is 11.7. The van der Waals surface area contributed by atoms with Crippen molar-refractivity contribution in [3.8, 4) is 0 Å². The zero-order valence-electron chi connectivity index (χ0n) is 11.9. The van der Waals surface area contributed by atoms with E-state index in [1.165, 1.54) is 11.3 Å². The van der Waals surface area contributed by atoms with Crippen molar-refractivity contribution in [3.05, 3.63) is 35.6 Å².